The molecule has 4 aliphatic rings. The third-order valence-corrected chi connectivity index (χ3v) is 9.59. The van der Waals surface area contributed by atoms with E-state index in [1.165, 1.54) is 6.07 Å². The van der Waals surface area contributed by atoms with Crippen LogP contribution in [0.3, 0.4) is 0 Å². The van der Waals surface area contributed by atoms with E-state index in [4.69, 9.17) is 4.74 Å². The van der Waals surface area contributed by atoms with Crippen LogP contribution in [-0.2, 0) is 25.5 Å². The molecule has 1 saturated heterocycles. The van der Waals surface area contributed by atoms with Crippen molar-refractivity contribution in [1.82, 2.24) is 0 Å². The van der Waals surface area contributed by atoms with Crippen molar-refractivity contribution in [2.75, 3.05) is 13.2 Å². The molecular weight excluding hydrogens is 488 g/mol. The average Bonchev–Trinajstić information content (AvgIpc) is 2.81. The number of ether oxygens (including phenoxy) is 1. The molecule has 204 valence electrons. The van der Waals surface area contributed by atoms with E-state index >= 15 is 0 Å². The Kier molecular flexibility index (Phi) is 5.97. The van der Waals surface area contributed by atoms with Gasteiger partial charge in [-0.05, 0) is 61.6 Å². The minimum Gasteiger partial charge on any atom is -0.508 e. The van der Waals surface area contributed by atoms with Crippen molar-refractivity contribution in [3.63, 3.8) is 0 Å². The van der Waals surface area contributed by atoms with Crippen molar-refractivity contribution in [2.45, 2.75) is 71.8 Å². The summed E-state index contributed by atoms with van der Waals surface area (Å²) in [6, 6.07) is 3.37. The third-order valence-electron chi connectivity index (χ3n) is 9.59. The summed E-state index contributed by atoms with van der Waals surface area (Å²) in [6.45, 7) is 9.37. The lowest BCUT2D eigenvalue weighted by atomic mass is 9.43. The zero-order valence-electron chi connectivity index (χ0n) is 22.6. The molecule has 1 saturated carbocycles. The quantitative estimate of drug-likeness (QED) is 0.434. The molecule has 0 radical (unpaired) electrons. The SMILES string of the molecule is CC(=O)C1=C(O)[C@]2(O)C(=O)C3=C(O)c4c(O)ccc(C5CCOCC5)c4C[C@]3(C)C[C@]2(C)C(C(C)C)C1=O. The molecule has 8 nitrogen and oxygen atoms in total. The van der Waals surface area contributed by atoms with Gasteiger partial charge in [0.05, 0.1) is 5.56 Å². The van der Waals surface area contributed by atoms with E-state index in [0.717, 1.165) is 30.9 Å². The number of Topliss-reactive ketones (excluding diaryl/α,β-unsaturated/α-hetero) is 3. The molecule has 1 aromatic carbocycles. The van der Waals surface area contributed by atoms with Crippen molar-refractivity contribution in [3.8, 4) is 5.75 Å². The summed E-state index contributed by atoms with van der Waals surface area (Å²) in [5, 5.41) is 45.8. The molecule has 0 aromatic heterocycles. The molecule has 0 bridgehead atoms. The largest absolute Gasteiger partial charge is 0.508 e. The van der Waals surface area contributed by atoms with E-state index in [2.05, 4.69) is 0 Å². The predicted octanol–water partition coefficient (Wildman–Crippen LogP) is 4.08. The first-order valence-electron chi connectivity index (χ1n) is 13.3. The number of aromatic hydroxyl groups is 1. The minimum absolute atomic E-state index is 0.0911. The van der Waals surface area contributed by atoms with Crippen LogP contribution < -0.4 is 0 Å². The zero-order valence-corrected chi connectivity index (χ0v) is 22.6. The molecule has 0 amide bonds. The van der Waals surface area contributed by atoms with Gasteiger partial charge in [0.25, 0.3) is 0 Å². The summed E-state index contributed by atoms with van der Waals surface area (Å²) >= 11 is 0. The van der Waals surface area contributed by atoms with Crippen LogP contribution in [0.5, 0.6) is 5.75 Å². The number of hydrogen-bond donors (Lipinski definition) is 4. The van der Waals surface area contributed by atoms with Gasteiger partial charge in [-0.2, -0.15) is 0 Å². The van der Waals surface area contributed by atoms with Crippen LogP contribution in [0, 0.1) is 22.7 Å². The van der Waals surface area contributed by atoms with Crippen LogP contribution in [0.15, 0.2) is 29.0 Å². The van der Waals surface area contributed by atoms with Gasteiger partial charge in [-0.15, -0.1) is 0 Å². The van der Waals surface area contributed by atoms with Crippen molar-refractivity contribution in [3.05, 3.63) is 45.7 Å². The number of aliphatic hydroxyl groups excluding tert-OH is 2. The van der Waals surface area contributed by atoms with Gasteiger partial charge >= 0.3 is 0 Å². The topological polar surface area (TPSA) is 141 Å². The molecule has 3 aliphatic carbocycles. The molecule has 2 fully saturated rings. The number of allylic oxidation sites excluding steroid dienone is 1. The normalized spacial score (nSPS) is 33.8. The van der Waals surface area contributed by atoms with Gasteiger partial charge in [0, 0.05) is 35.5 Å². The number of phenols is 1. The summed E-state index contributed by atoms with van der Waals surface area (Å²) in [4.78, 5) is 40.4. The maximum atomic E-state index is 14.3. The van der Waals surface area contributed by atoms with Crippen LogP contribution in [-0.4, -0.2) is 56.6 Å². The molecule has 8 heteroatoms. The fourth-order valence-corrected chi connectivity index (χ4v) is 8.13. The Balaban J connectivity index is 1.79. The molecule has 1 aromatic rings. The fraction of sp³-hybridized carbons (Fsp3) is 0.567. The second-order valence-electron chi connectivity index (χ2n) is 12.4. The van der Waals surface area contributed by atoms with Crippen LogP contribution >= 0.6 is 0 Å². The Bertz CT molecular complexity index is 1330. The lowest BCUT2D eigenvalue weighted by Gasteiger charge is -2.60. The third kappa shape index (κ3) is 3.26. The molecule has 1 heterocycles. The molecule has 1 unspecified atom stereocenters. The van der Waals surface area contributed by atoms with Gasteiger partial charge in [-0.3, -0.25) is 14.4 Å². The van der Waals surface area contributed by atoms with Crippen molar-refractivity contribution in [2.24, 2.45) is 22.7 Å². The highest BCUT2D eigenvalue weighted by molar-refractivity contribution is 6.24. The summed E-state index contributed by atoms with van der Waals surface area (Å²) in [5.74, 6) is -4.94. The summed E-state index contributed by atoms with van der Waals surface area (Å²) in [6.07, 6.45) is 1.97. The zero-order chi connectivity index (χ0) is 27.9. The van der Waals surface area contributed by atoms with Gasteiger partial charge in [0.2, 0.25) is 5.78 Å². The second kappa shape index (κ2) is 8.52. The number of fused-ring (bicyclic) bond motifs is 3. The number of aliphatic hydroxyl groups is 3. The summed E-state index contributed by atoms with van der Waals surface area (Å²) in [7, 11) is 0. The van der Waals surface area contributed by atoms with E-state index < -0.39 is 56.8 Å². The van der Waals surface area contributed by atoms with Gasteiger partial charge in [-0.25, -0.2) is 0 Å². The molecule has 5 rings (SSSR count). The summed E-state index contributed by atoms with van der Waals surface area (Å²) in [5.41, 5.74) is -3.84. The Morgan fingerprint density at radius 3 is 2.29 bits per heavy atom. The number of benzene rings is 1. The molecular formula is C30H36O8. The van der Waals surface area contributed by atoms with Crippen LogP contribution in [0.25, 0.3) is 5.76 Å². The van der Waals surface area contributed by atoms with Crippen LogP contribution in [0.4, 0.5) is 0 Å². The number of carbonyl (C=O) groups excluding carboxylic acids is 3. The molecule has 4 atom stereocenters. The van der Waals surface area contributed by atoms with E-state index in [-0.39, 0.29) is 35.1 Å². The van der Waals surface area contributed by atoms with E-state index in [1.54, 1.807) is 20.8 Å². The highest BCUT2D eigenvalue weighted by Crippen LogP contribution is 2.65. The van der Waals surface area contributed by atoms with Crippen molar-refractivity contribution >= 4 is 23.1 Å². The van der Waals surface area contributed by atoms with E-state index in [0.29, 0.717) is 19.6 Å². The first-order chi connectivity index (χ1) is 17.7. The average molecular weight is 525 g/mol. The van der Waals surface area contributed by atoms with E-state index in [1.807, 2.05) is 13.0 Å². The Labute approximate surface area is 222 Å². The Hall–Kier alpha value is -2.97. The highest BCUT2D eigenvalue weighted by Gasteiger charge is 2.72. The Morgan fingerprint density at radius 2 is 1.71 bits per heavy atom. The maximum Gasteiger partial charge on any atom is 0.203 e. The van der Waals surface area contributed by atoms with Crippen molar-refractivity contribution < 1.29 is 39.5 Å². The minimum atomic E-state index is -2.59. The number of hydrogen-bond acceptors (Lipinski definition) is 8. The molecule has 1 aliphatic heterocycles. The number of phenolic OH excluding ortho intramolecular Hbond substituents is 1. The number of ketones is 3. The predicted molar refractivity (Wildman–Crippen MR) is 139 cm³/mol. The molecule has 4 N–H and O–H groups in total. The maximum absolute atomic E-state index is 14.3. The fourth-order valence-electron chi connectivity index (χ4n) is 8.13. The van der Waals surface area contributed by atoms with Gasteiger partial charge in [0.1, 0.15) is 22.8 Å². The van der Waals surface area contributed by atoms with Gasteiger partial charge < -0.3 is 25.2 Å². The van der Waals surface area contributed by atoms with Crippen molar-refractivity contribution in [1.29, 1.82) is 0 Å². The number of carbonyl (C=O) groups is 3. The van der Waals surface area contributed by atoms with Gasteiger partial charge in [0.15, 0.2) is 17.2 Å². The first kappa shape index (κ1) is 26.6. The molecule has 38 heavy (non-hydrogen) atoms. The van der Waals surface area contributed by atoms with Crippen LogP contribution in [0.1, 0.15) is 76.5 Å². The summed E-state index contributed by atoms with van der Waals surface area (Å²) < 4.78 is 5.53. The number of rotatable bonds is 3. The molecule has 0 spiro atoms. The smallest absolute Gasteiger partial charge is 0.203 e. The Morgan fingerprint density at radius 1 is 1.08 bits per heavy atom. The monoisotopic (exact) mass is 524 g/mol. The highest BCUT2D eigenvalue weighted by atomic mass is 16.5. The second-order valence-corrected chi connectivity index (χ2v) is 12.4. The van der Waals surface area contributed by atoms with Gasteiger partial charge in [-0.1, -0.05) is 33.8 Å². The standard InChI is InChI=1S/C30H36O8/c1-14(2)22-24(33)20(15(3)31)26(35)30(37)27(36)23-25(34)21-18(12-28(23,4)13-29(22,30)5)17(6-7-19(21)32)16-8-10-38-11-9-16/h6-7,14,16,22,32,34-35,37H,8-13H2,1-5H3/t22?,28-,29-,30+/m1/s1. The first-order valence-corrected chi connectivity index (χ1v) is 13.3. The van der Waals surface area contributed by atoms with Crippen LogP contribution in [0.2, 0.25) is 0 Å². The lowest BCUT2D eigenvalue weighted by Crippen LogP contribution is -2.69. The van der Waals surface area contributed by atoms with E-state index in [9.17, 15) is 34.8 Å². The lowest BCUT2D eigenvalue weighted by molar-refractivity contribution is -0.178.